The predicted molar refractivity (Wildman–Crippen MR) is 115 cm³/mol. The lowest BCUT2D eigenvalue weighted by Gasteiger charge is -2.06. The van der Waals surface area contributed by atoms with Gasteiger partial charge < -0.3 is 14.5 Å². The molecule has 0 aliphatic heterocycles. The molecule has 0 unspecified atom stereocenters. The Morgan fingerprint density at radius 3 is 2.20 bits per heavy atom. The molecule has 30 heavy (non-hydrogen) atoms. The van der Waals surface area contributed by atoms with Crippen molar-refractivity contribution in [2.75, 3.05) is 12.4 Å². The highest BCUT2D eigenvalue weighted by molar-refractivity contribution is 7.91. The number of oxazole rings is 1. The average Bonchev–Trinajstić information content (AvgIpc) is 3.19. The zero-order valence-electron chi connectivity index (χ0n) is 16.5. The number of nitrogens with zero attached hydrogens (tertiary/aromatic N) is 1. The fraction of sp³-hybridized carbons (Fsp3) is 0.0870. The smallest absolute Gasteiger partial charge is 0.238 e. The highest BCUT2D eigenvalue weighted by Gasteiger charge is 2.28. The summed E-state index contributed by atoms with van der Waals surface area (Å²) in [7, 11) is -2.32. The Bertz CT molecular complexity index is 1250. The van der Waals surface area contributed by atoms with Crippen molar-refractivity contribution in [1.29, 1.82) is 0 Å². The summed E-state index contributed by atoms with van der Waals surface area (Å²) in [4.78, 5) is 4.50. The van der Waals surface area contributed by atoms with Gasteiger partial charge >= 0.3 is 0 Å². The average molecular weight is 420 g/mol. The molecule has 0 aliphatic carbocycles. The van der Waals surface area contributed by atoms with Crippen molar-refractivity contribution in [2.45, 2.75) is 16.8 Å². The van der Waals surface area contributed by atoms with Gasteiger partial charge in [-0.2, -0.15) is 4.98 Å². The first-order chi connectivity index (χ1) is 14.5. The van der Waals surface area contributed by atoms with Gasteiger partial charge in [0.15, 0.2) is 0 Å². The molecule has 1 aromatic heterocycles. The number of ether oxygens (including phenoxy) is 1. The largest absolute Gasteiger partial charge is 0.497 e. The maximum atomic E-state index is 13.3. The van der Waals surface area contributed by atoms with E-state index < -0.39 is 9.84 Å². The van der Waals surface area contributed by atoms with E-state index in [1.807, 2.05) is 37.3 Å². The van der Waals surface area contributed by atoms with Gasteiger partial charge in [-0.3, -0.25) is 0 Å². The number of benzene rings is 3. The lowest BCUT2D eigenvalue weighted by molar-refractivity contribution is 0.415. The standard InChI is InChI=1S/C23H20N2O4S/c1-16-8-14-20(15-9-16)30(26,27)23-22(24-18-6-4-3-5-7-18)29-21(25-23)17-10-12-19(28-2)13-11-17/h3-15,24H,1-2H3. The maximum absolute atomic E-state index is 13.3. The van der Waals surface area contributed by atoms with Gasteiger partial charge in [-0.15, -0.1) is 0 Å². The third kappa shape index (κ3) is 3.92. The number of aromatic nitrogens is 1. The first-order valence-electron chi connectivity index (χ1n) is 9.26. The van der Waals surface area contributed by atoms with Crippen LogP contribution in [0.2, 0.25) is 0 Å². The third-order valence-corrected chi connectivity index (χ3v) is 6.23. The van der Waals surface area contributed by atoms with Crippen molar-refractivity contribution >= 4 is 21.4 Å². The molecular weight excluding hydrogens is 400 g/mol. The summed E-state index contributed by atoms with van der Waals surface area (Å²) in [5.74, 6) is 0.940. The summed E-state index contributed by atoms with van der Waals surface area (Å²) < 4.78 is 37.7. The monoisotopic (exact) mass is 420 g/mol. The molecule has 0 aliphatic rings. The summed E-state index contributed by atoms with van der Waals surface area (Å²) in [6, 6.07) is 22.9. The lowest BCUT2D eigenvalue weighted by atomic mass is 10.2. The molecule has 152 valence electrons. The van der Waals surface area contributed by atoms with Crippen LogP contribution in [0.1, 0.15) is 5.56 Å². The van der Waals surface area contributed by atoms with Gasteiger partial charge in [0.1, 0.15) is 5.75 Å². The highest BCUT2D eigenvalue weighted by Crippen LogP contribution is 2.34. The molecule has 0 atom stereocenters. The van der Waals surface area contributed by atoms with Gasteiger partial charge in [0, 0.05) is 11.3 Å². The van der Waals surface area contributed by atoms with Crippen LogP contribution in [0, 0.1) is 6.92 Å². The molecule has 1 N–H and O–H groups in total. The second-order valence-electron chi connectivity index (χ2n) is 6.69. The van der Waals surface area contributed by atoms with Gasteiger partial charge in [0.25, 0.3) is 0 Å². The van der Waals surface area contributed by atoms with E-state index in [2.05, 4.69) is 10.3 Å². The normalized spacial score (nSPS) is 11.3. The minimum atomic E-state index is -3.90. The van der Waals surface area contributed by atoms with E-state index in [0.29, 0.717) is 17.0 Å². The summed E-state index contributed by atoms with van der Waals surface area (Å²) in [6.45, 7) is 1.90. The molecule has 0 fully saturated rings. The van der Waals surface area contributed by atoms with E-state index in [1.54, 1.807) is 55.6 Å². The zero-order valence-corrected chi connectivity index (χ0v) is 17.3. The van der Waals surface area contributed by atoms with Crippen LogP contribution in [0.5, 0.6) is 5.75 Å². The number of hydrogen-bond acceptors (Lipinski definition) is 6. The fourth-order valence-electron chi connectivity index (χ4n) is 2.91. The molecule has 0 bridgehead atoms. The molecular formula is C23H20N2O4S. The molecule has 6 nitrogen and oxygen atoms in total. The molecule has 3 aromatic carbocycles. The van der Waals surface area contributed by atoms with Crippen LogP contribution in [0.25, 0.3) is 11.5 Å². The SMILES string of the molecule is COc1ccc(-c2nc(S(=O)(=O)c3ccc(C)cc3)c(Nc3ccccc3)o2)cc1. The topological polar surface area (TPSA) is 81.4 Å². The number of rotatable bonds is 6. The van der Waals surface area contributed by atoms with Gasteiger partial charge in [-0.1, -0.05) is 35.9 Å². The summed E-state index contributed by atoms with van der Waals surface area (Å²) in [5.41, 5.74) is 2.29. The van der Waals surface area contributed by atoms with Crippen molar-refractivity contribution in [3.05, 3.63) is 84.4 Å². The maximum Gasteiger partial charge on any atom is 0.238 e. The van der Waals surface area contributed by atoms with E-state index in [1.165, 1.54) is 0 Å². The molecule has 0 radical (unpaired) electrons. The molecule has 4 aromatic rings. The molecule has 1 heterocycles. The predicted octanol–water partition coefficient (Wildman–Crippen LogP) is 5.24. The number of aryl methyl sites for hydroxylation is 1. The Morgan fingerprint density at radius 1 is 0.900 bits per heavy atom. The number of para-hydroxylation sites is 1. The van der Waals surface area contributed by atoms with Crippen LogP contribution >= 0.6 is 0 Å². The van der Waals surface area contributed by atoms with Crippen molar-refractivity contribution in [3.8, 4) is 17.2 Å². The van der Waals surface area contributed by atoms with Gasteiger partial charge in [0.05, 0.1) is 12.0 Å². The second kappa shape index (κ2) is 8.04. The Labute approximate surface area is 175 Å². The second-order valence-corrected chi connectivity index (χ2v) is 8.55. The molecule has 4 rings (SSSR count). The van der Waals surface area contributed by atoms with Crippen LogP contribution in [-0.2, 0) is 9.84 Å². The first-order valence-corrected chi connectivity index (χ1v) is 10.7. The van der Waals surface area contributed by atoms with Crippen LogP contribution < -0.4 is 10.1 Å². The van der Waals surface area contributed by atoms with E-state index >= 15 is 0 Å². The molecule has 0 saturated heterocycles. The molecule has 0 amide bonds. The van der Waals surface area contributed by atoms with E-state index in [-0.39, 0.29) is 21.7 Å². The number of hydrogen-bond donors (Lipinski definition) is 1. The Morgan fingerprint density at radius 2 is 1.57 bits per heavy atom. The van der Waals surface area contributed by atoms with Crippen LogP contribution in [0.4, 0.5) is 11.6 Å². The summed E-state index contributed by atoms with van der Waals surface area (Å²) >= 11 is 0. The van der Waals surface area contributed by atoms with E-state index in [9.17, 15) is 8.42 Å². The van der Waals surface area contributed by atoms with Crippen LogP contribution in [0.15, 0.2) is 93.2 Å². The van der Waals surface area contributed by atoms with Crippen LogP contribution in [-0.4, -0.2) is 20.5 Å². The van der Waals surface area contributed by atoms with Crippen molar-refractivity contribution in [1.82, 2.24) is 4.98 Å². The van der Waals surface area contributed by atoms with E-state index in [4.69, 9.17) is 9.15 Å². The molecule has 0 spiro atoms. The van der Waals surface area contributed by atoms with Crippen molar-refractivity contribution < 1.29 is 17.6 Å². The fourth-order valence-corrected chi connectivity index (χ4v) is 4.16. The Hall–Kier alpha value is -3.58. The minimum Gasteiger partial charge on any atom is -0.497 e. The lowest BCUT2D eigenvalue weighted by Crippen LogP contribution is -2.05. The number of nitrogens with one attached hydrogen (secondary N) is 1. The van der Waals surface area contributed by atoms with Gasteiger partial charge in [-0.05, 0) is 55.5 Å². The van der Waals surface area contributed by atoms with Crippen LogP contribution in [0.3, 0.4) is 0 Å². The summed E-state index contributed by atoms with van der Waals surface area (Å²) in [6.07, 6.45) is 0. The number of sulfone groups is 1. The quantitative estimate of drug-likeness (QED) is 0.460. The van der Waals surface area contributed by atoms with Gasteiger partial charge in [0.2, 0.25) is 26.6 Å². The van der Waals surface area contributed by atoms with Crippen molar-refractivity contribution in [3.63, 3.8) is 0 Å². The zero-order chi connectivity index (χ0) is 21.1. The molecule has 7 heteroatoms. The highest BCUT2D eigenvalue weighted by atomic mass is 32.2. The Kier molecular flexibility index (Phi) is 5.29. The first kappa shape index (κ1) is 19.7. The van der Waals surface area contributed by atoms with E-state index in [0.717, 1.165) is 5.56 Å². The third-order valence-electron chi connectivity index (χ3n) is 4.55. The number of methoxy groups -OCH3 is 1. The minimum absolute atomic E-state index is 0.0626. The number of anilines is 2. The summed E-state index contributed by atoms with van der Waals surface area (Å²) in [5, 5.41) is 2.87. The van der Waals surface area contributed by atoms with Crippen molar-refractivity contribution in [2.24, 2.45) is 0 Å². The van der Waals surface area contributed by atoms with Gasteiger partial charge in [-0.25, -0.2) is 8.42 Å². The molecule has 0 saturated carbocycles. The Balaban J connectivity index is 1.82.